The number of H-pyrrole nitrogens is 1. The first-order chi connectivity index (χ1) is 4.88. The molecule has 5 heteroatoms. The van der Waals surface area contributed by atoms with E-state index in [0.29, 0.717) is 5.82 Å². The van der Waals surface area contributed by atoms with Gasteiger partial charge in [-0.15, -0.1) is 0 Å². The van der Waals surface area contributed by atoms with Crippen molar-refractivity contribution in [2.45, 2.75) is 0 Å². The van der Waals surface area contributed by atoms with E-state index in [1.54, 1.807) is 0 Å². The minimum absolute atomic E-state index is 0.238. The molecule has 10 heavy (non-hydrogen) atoms. The third kappa shape index (κ3) is 0.540. The van der Waals surface area contributed by atoms with E-state index in [2.05, 4.69) is 26.6 Å². The fourth-order valence-corrected chi connectivity index (χ4v) is 0.688. The van der Waals surface area contributed by atoms with Crippen molar-refractivity contribution in [3.8, 4) is 0 Å². The van der Waals surface area contributed by atoms with Gasteiger partial charge in [0.1, 0.15) is 0 Å². The molecule has 0 bridgehead atoms. The maximum absolute atomic E-state index is 10.8. The van der Waals surface area contributed by atoms with Gasteiger partial charge in [-0.3, -0.25) is 4.79 Å². The summed E-state index contributed by atoms with van der Waals surface area (Å²) >= 11 is 0. The molecule has 0 fully saturated rings. The van der Waals surface area contributed by atoms with Crippen LogP contribution in [-0.4, -0.2) is 16.3 Å². The number of rotatable bonds is 0. The van der Waals surface area contributed by atoms with Gasteiger partial charge in [0.15, 0.2) is 11.5 Å². The topological polar surface area (TPSA) is 72.2 Å². The summed E-state index contributed by atoms with van der Waals surface area (Å²) in [6, 6.07) is 0. The third-order valence-electron chi connectivity index (χ3n) is 1.13. The summed E-state index contributed by atoms with van der Waals surface area (Å²) in [5, 5.41) is 3.61. The van der Waals surface area contributed by atoms with Crippen molar-refractivity contribution in [2.75, 3.05) is 0 Å². The van der Waals surface area contributed by atoms with Crippen LogP contribution in [0.2, 0.25) is 0 Å². The second kappa shape index (κ2) is 1.66. The molecular weight excluding hydrogens is 132 g/mol. The van der Waals surface area contributed by atoms with Gasteiger partial charge in [0.2, 0.25) is 6.34 Å². The average molecular weight is 134 g/mol. The highest BCUT2D eigenvalue weighted by atomic mass is 16.1. The van der Waals surface area contributed by atoms with Crippen LogP contribution in [0, 0.1) is 0 Å². The minimum atomic E-state index is -0.279. The third-order valence-corrected chi connectivity index (χ3v) is 1.13. The first-order valence-electron chi connectivity index (χ1n) is 2.62. The predicted molar refractivity (Wildman–Crippen MR) is 33.7 cm³/mol. The molecule has 1 aliphatic rings. The van der Waals surface area contributed by atoms with Crippen LogP contribution in [-0.2, 0) is 0 Å². The Morgan fingerprint density at radius 3 is 3.30 bits per heavy atom. The molecule has 1 aromatic heterocycles. The van der Waals surface area contributed by atoms with E-state index in [-0.39, 0.29) is 11.2 Å². The molecule has 48 valence electrons. The fraction of sp³-hybridized carbons (Fsp3) is 0. The van der Waals surface area contributed by atoms with Gasteiger partial charge in [-0.1, -0.05) is 0 Å². The van der Waals surface area contributed by atoms with Gasteiger partial charge >= 0.3 is 0 Å². The first-order valence-corrected chi connectivity index (χ1v) is 2.62. The molecule has 0 aliphatic carbocycles. The Hall–Kier alpha value is -1.65. The molecule has 2 heterocycles. The molecule has 1 N–H and O–H groups in total. The largest absolute Gasteiger partial charge is 0.311 e. The van der Waals surface area contributed by atoms with E-state index < -0.39 is 0 Å². The van der Waals surface area contributed by atoms with Crippen molar-refractivity contribution in [3.05, 3.63) is 16.7 Å². The standard InChI is InChI=1S/C5H2N4O/c10-5-3-4(7-1-6-3)8-2-9-5/h2H,(H,8,9,10). The highest BCUT2D eigenvalue weighted by molar-refractivity contribution is 5.78. The number of aromatic amines is 1. The van der Waals surface area contributed by atoms with Crippen LogP contribution >= 0.6 is 0 Å². The molecule has 0 saturated heterocycles. The number of aliphatic imine (C=N–C) groups is 1. The summed E-state index contributed by atoms with van der Waals surface area (Å²) in [6.45, 7) is 0. The summed E-state index contributed by atoms with van der Waals surface area (Å²) in [6.07, 6.45) is 3.58. The quantitative estimate of drug-likeness (QED) is 0.522. The van der Waals surface area contributed by atoms with E-state index in [4.69, 9.17) is 0 Å². The lowest BCUT2D eigenvalue weighted by atomic mass is 10.5. The van der Waals surface area contributed by atoms with Crippen LogP contribution in [0.25, 0.3) is 0 Å². The van der Waals surface area contributed by atoms with Crippen molar-refractivity contribution in [2.24, 2.45) is 4.99 Å². The number of aromatic nitrogens is 2. The van der Waals surface area contributed by atoms with E-state index in [9.17, 15) is 4.79 Å². The predicted octanol–water partition coefficient (Wildman–Crippen LogP) is -0.444. The lowest BCUT2D eigenvalue weighted by Crippen LogP contribution is -2.04. The Morgan fingerprint density at radius 2 is 2.50 bits per heavy atom. The second-order valence-corrected chi connectivity index (χ2v) is 1.73. The number of nitrogens with one attached hydrogen (secondary N) is 1. The molecule has 0 atom stereocenters. The zero-order chi connectivity index (χ0) is 6.97. The number of fused-ring (bicyclic) bond motifs is 1. The Bertz CT molecular complexity index is 340. The average Bonchev–Trinajstić information content (AvgIpc) is 2.36. The van der Waals surface area contributed by atoms with Gasteiger partial charge in [0.05, 0.1) is 6.33 Å². The van der Waals surface area contributed by atoms with Crippen molar-refractivity contribution in [1.29, 1.82) is 0 Å². The van der Waals surface area contributed by atoms with Crippen molar-refractivity contribution in [3.63, 3.8) is 0 Å². The van der Waals surface area contributed by atoms with Gasteiger partial charge in [-0.25, -0.2) is 15.3 Å². The zero-order valence-electron chi connectivity index (χ0n) is 4.83. The van der Waals surface area contributed by atoms with Crippen molar-refractivity contribution >= 4 is 17.8 Å². The smallest absolute Gasteiger partial charge is 0.278 e. The van der Waals surface area contributed by atoms with Gasteiger partial charge in [0, 0.05) is 0 Å². The summed E-state index contributed by atoms with van der Waals surface area (Å²) in [7, 11) is 0. The van der Waals surface area contributed by atoms with E-state index in [1.165, 1.54) is 6.33 Å². The lowest BCUT2D eigenvalue weighted by molar-refractivity contribution is 1.09. The van der Waals surface area contributed by atoms with Crippen molar-refractivity contribution < 1.29 is 0 Å². The van der Waals surface area contributed by atoms with Crippen LogP contribution in [0.4, 0.5) is 11.5 Å². The highest BCUT2D eigenvalue weighted by Crippen LogP contribution is 2.18. The molecule has 2 rings (SSSR count). The molecule has 5 nitrogen and oxygen atoms in total. The van der Waals surface area contributed by atoms with Crippen LogP contribution in [0.1, 0.15) is 0 Å². The molecular formula is C5H2N4O. The molecule has 0 unspecified atom stereocenters. The first kappa shape index (κ1) is 5.16. The molecule has 1 aromatic rings. The molecule has 0 amide bonds. The Labute approximate surface area is 55.8 Å². The summed E-state index contributed by atoms with van der Waals surface area (Å²) < 4.78 is 0. The van der Waals surface area contributed by atoms with E-state index >= 15 is 0 Å². The minimum Gasteiger partial charge on any atom is -0.311 e. The van der Waals surface area contributed by atoms with Crippen molar-refractivity contribution in [1.82, 2.24) is 15.3 Å². The molecule has 1 aliphatic heterocycles. The fourth-order valence-electron chi connectivity index (χ4n) is 0.688. The number of nitrogens with zero attached hydrogens (tertiary/aromatic N) is 3. The molecule has 0 aromatic carbocycles. The SMILES string of the molecule is O=c1[nH]cnc2c1N=[C][N]2. The number of hydrogen-bond acceptors (Lipinski definition) is 3. The monoisotopic (exact) mass is 134 g/mol. The van der Waals surface area contributed by atoms with E-state index in [0.717, 1.165) is 0 Å². The second-order valence-electron chi connectivity index (χ2n) is 1.73. The van der Waals surface area contributed by atoms with Crippen LogP contribution in [0.3, 0.4) is 0 Å². The molecule has 0 spiro atoms. The Kier molecular flexibility index (Phi) is 0.858. The maximum Gasteiger partial charge on any atom is 0.278 e. The summed E-state index contributed by atoms with van der Waals surface area (Å²) in [4.78, 5) is 20.5. The Balaban J connectivity index is 2.79. The van der Waals surface area contributed by atoms with Gasteiger partial charge in [-0.2, -0.15) is 0 Å². The van der Waals surface area contributed by atoms with E-state index in [1.807, 2.05) is 0 Å². The zero-order valence-corrected chi connectivity index (χ0v) is 4.83. The van der Waals surface area contributed by atoms with Gasteiger partial charge in [0.25, 0.3) is 5.56 Å². The van der Waals surface area contributed by atoms with Gasteiger partial charge < -0.3 is 4.98 Å². The lowest BCUT2D eigenvalue weighted by Gasteiger charge is -1.88. The summed E-state index contributed by atoms with van der Waals surface area (Å²) in [5.41, 5.74) is -0.0405. The summed E-state index contributed by atoms with van der Waals surface area (Å²) in [5.74, 6) is 0.337. The van der Waals surface area contributed by atoms with Gasteiger partial charge in [-0.05, 0) is 0 Å². The highest BCUT2D eigenvalue weighted by Gasteiger charge is 2.11. The molecule has 0 saturated carbocycles. The van der Waals surface area contributed by atoms with Crippen LogP contribution < -0.4 is 10.9 Å². The molecule has 2 radical (unpaired) electrons. The maximum atomic E-state index is 10.8. The number of hydrogen-bond donors (Lipinski definition) is 1. The normalized spacial score (nSPS) is 12.8. The van der Waals surface area contributed by atoms with Crippen LogP contribution in [0.15, 0.2) is 16.1 Å². The Morgan fingerprint density at radius 1 is 1.60 bits per heavy atom. The van der Waals surface area contributed by atoms with Crippen LogP contribution in [0.5, 0.6) is 0 Å².